The summed E-state index contributed by atoms with van der Waals surface area (Å²) in [5.41, 5.74) is 1.66. The number of amides is 1. The Hall–Kier alpha value is -3.15. The van der Waals surface area contributed by atoms with Gasteiger partial charge in [0.2, 0.25) is 0 Å². The number of nitrogens with zero attached hydrogens (tertiary/aromatic N) is 1. The van der Waals surface area contributed by atoms with E-state index < -0.39 is 0 Å². The van der Waals surface area contributed by atoms with Crippen LogP contribution in [0.4, 0.5) is 0 Å². The molecule has 0 fully saturated rings. The first-order chi connectivity index (χ1) is 12.1. The van der Waals surface area contributed by atoms with Gasteiger partial charge >= 0.3 is 0 Å². The van der Waals surface area contributed by atoms with E-state index in [2.05, 4.69) is 10.5 Å². The van der Waals surface area contributed by atoms with Crippen LogP contribution in [0.15, 0.2) is 57.7 Å². The normalized spacial score (nSPS) is 11.9. The van der Waals surface area contributed by atoms with E-state index in [9.17, 15) is 9.59 Å². The highest BCUT2D eigenvalue weighted by molar-refractivity contribution is 6.01. The number of ketones is 1. The van der Waals surface area contributed by atoms with Gasteiger partial charge in [0.05, 0.1) is 6.26 Å². The number of furan rings is 1. The third-order valence-electron chi connectivity index (χ3n) is 3.80. The third-order valence-corrected chi connectivity index (χ3v) is 3.80. The summed E-state index contributed by atoms with van der Waals surface area (Å²) < 4.78 is 10.3. The minimum absolute atomic E-state index is 0.143. The average molecular weight is 338 g/mol. The van der Waals surface area contributed by atoms with Crippen molar-refractivity contribution in [3.63, 3.8) is 0 Å². The van der Waals surface area contributed by atoms with E-state index in [1.54, 1.807) is 26.0 Å². The van der Waals surface area contributed by atoms with Crippen molar-refractivity contribution in [2.45, 2.75) is 26.3 Å². The largest absolute Gasteiger partial charge is 0.461 e. The van der Waals surface area contributed by atoms with Crippen molar-refractivity contribution in [3.05, 3.63) is 65.8 Å². The first-order valence-electron chi connectivity index (χ1n) is 7.95. The van der Waals surface area contributed by atoms with Gasteiger partial charge in [0.25, 0.3) is 5.91 Å². The fourth-order valence-electron chi connectivity index (χ4n) is 2.60. The number of benzene rings is 1. The minimum atomic E-state index is -0.358. The van der Waals surface area contributed by atoms with Crippen molar-refractivity contribution < 1.29 is 18.5 Å². The zero-order valence-corrected chi connectivity index (χ0v) is 14.0. The Morgan fingerprint density at radius 3 is 2.60 bits per heavy atom. The predicted molar refractivity (Wildman–Crippen MR) is 91.3 cm³/mol. The summed E-state index contributed by atoms with van der Waals surface area (Å²) in [6.07, 6.45) is 1.59. The molecule has 2 aromatic heterocycles. The van der Waals surface area contributed by atoms with E-state index in [0.29, 0.717) is 17.0 Å². The number of carbonyl (C=O) groups is 2. The molecule has 0 spiro atoms. The number of aromatic nitrogens is 1. The monoisotopic (exact) mass is 338 g/mol. The van der Waals surface area contributed by atoms with Gasteiger partial charge in [-0.1, -0.05) is 35.5 Å². The summed E-state index contributed by atoms with van der Waals surface area (Å²) in [7, 11) is 0. The molecule has 1 aromatic carbocycles. The van der Waals surface area contributed by atoms with Crippen molar-refractivity contribution in [1.29, 1.82) is 0 Å². The lowest BCUT2D eigenvalue weighted by Crippen LogP contribution is -2.34. The van der Waals surface area contributed by atoms with Gasteiger partial charge in [-0.3, -0.25) is 9.59 Å². The molecule has 0 aliphatic rings. The van der Waals surface area contributed by atoms with Gasteiger partial charge in [-0.25, -0.2) is 0 Å². The zero-order chi connectivity index (χ0) is 17.8. The molecule has 1 N–H and O–H groups in total. The second-order valence-electron chi connectivity index (χ2n) is 5.81. The van der Waals surface area contributed by atoms with Crippen LogP contribution in [-0.4, -0.2) is 22.9 Å². The Labute approximate surface area is 144 Å². The number of aryl methyl sites for hydroxylation is 1. The zero-order valence-electron chi connectivity index (χ0n) is 14.0. The van der Waals surface area contributed by atoms with Crippen molar-refractivity contribution in [2.24, 2.45) is 0 Å². The first kappa shape index (κ1) is 16.7. The summed E-state index contributed by atoms with van der Waals surface area (Å²) >= 11 is 0. The lowest BCUT2D eigenvalue weighted by atomic mass is 10.0. The highest BCUT2D eigenvalue weighted by Gasteiger charge is 2.23. The first-order valence-corrected chi connectivity index (χ1v) is 7.95. The number of rotatable bonds is 6. The van der Waals surface area contributed by atoms with Gasteiger partial charge in [-0.2, -0.15) is 0 Å². The lowest BCUT2D eigenvalue weighted by Gasteiger charge is -2.12. The molecule has 1 amide bonds. The van der Waals surface area contributed by atoms with Gasteiger partial charge in [-0.15, -0.1) is 0 Å². The molecule has 0 radical (unpaired) electrons. The number of hydrogen-bond donors (Lipinski definition) is 1. The maximum atomic E-state index is 12.7. The molecule has 3 aromatic rings. The highest BCUT2D eigenvalue weighted by Crippen LogP contribution is 2.25. The van der Waals surface area contributed by atoms with Gasteiger partial charge in [0, 0.05) is 18.0 Å². The number of nitrogens with one attached hydrogen (secondary N) is 1. The lowest BCUT2D eigenvalue weighted by molar-refractivity contribution is 0.0906. The number of carbonyl (C=O) groups excluding carboxylic acids is 2. The maximum Gasteiger partial charge on any atom is 0.257 e. The molecule has 0 bridgehead atoms. The van der Waals surface area contributed by atoms with Crippen molar-refractivity contribution in [1.82, 2.24) is 10.5 Å². The molecular formula is C19H18N2O4. The Morgan fingerprint density at radius 2 is 1.92 bits per heavy atom. The van der Waals surface area contributed by atoms with E-state index >= 15 is 0 Å². The SMILES string of the molecule is Cc1onc(-c2ccccc2)c1C(=O)N[C@@H](C)CC(=O)c1ccco1. The molecule has 1 atom stereocenters. The molecule has 0 saturated heterocycles. The quantitative estimate of drug-likeness (QED) is 0.694. The fourth-order valence-corrected chi connectivity index (χ4v) is 2.60. The van der Waals surface area contributed by atoms with Gasteiger partial charge in [0.1, 0.15) is 17.0 Å². The average Bonchev–Trinajstić information content (AvgIpc) is 3.25. The van der Waals surface area contributed by atoms with Crippen LogP contribution in [0, 0.1) is 6.92 Å². The molecule has 128 valence electrons. The van der Waals surface area contributed by atoms with Gasteiger partial charge < -0.3 is 14.3 Å². The summed E-state index contributed by atoms with van der Waals surface area (Å²) in [5.74, 6) is 0.230. The van der Waals surface area contributed by atoms with E-state index in [-0.39, 0.29) is 29.9 Å². The summed E-state index contributed by atoms with van der Waals surface area (Å²) in [6, 6.07) is 12.2. The van der Waals surface area contributed by atoms with Crippen molar-refractivity contribution in [2.75, 3.05) is 0 Å². The van der Waals surface area contributed by atoms with Crippen LogP contribution in [0.3, 0.4) is 0 Å². The van der Waals surface area contributed by atoms with E-state index in [1.807, 2.05) is 30.3 Å². The van der Waals surface area contributed by atoms with E-state index in [0.717, 1.165) is 5.56 Å². The van der Waals surface area contributed by atoms with Crippen LogP contribution in [0.25, 0.3) is 11.3 Å². The Kier molecular flexibility index (Phi) is 4.79. The second-order valence-corrected chi connectivity index (χ2v) is 5.81. The van der Waals surface area contributed by atoms with Crippen LogP contribution in [0.1, 0.15) is 40.0 Å². The molecule has 2 heterocycles. The van der Waals surface area contributed by atoms with Gasteiger partial charge in [0.15, 0.2) is 11.5 Å². The van der Waals surface area contributed by atoms with Crippen molar-refractivity contribution >= 4 is 11.7 Å². The Balaban J connectivity index is 1.73. The standard InChI is InChI=1S/C19H18N2O4/c1-12(11-15(22)16-9-6-10-24-16)20-19(23)17-13(2)25-21-18(17)14-7-4-3-5-8-14/h3-10,12H,11H2,1-2H3,(H,20,23)/t12-/m0/s1. The molecule has 0 aliphatic heterocycles. The maximum absolute atomic E-state index is 12.7. The number of hydrogen-bond acceptors (Lipinski definition) is 5. The topological polar surface area (TPSA) is 85.3 Å². The van der Waals surface area contributed by atoms with Crippen molar-refractivity contribution in [3.8, 4) is 11.3 Å². The summed E-state index contributed by atoms with van der Waals surface area (Å²) in [6.45, 7) is 3.46. The molecular weight excluding hydrogens is 320 g/mol. The molecule has 0 saturated carbocycles. The van der Waals surface area contributed by atoms with E-state index in [4.69, 9.17) is 8.94 Å². The minimum Gasteiger partial charge on any atom is -0.461 e. The fraction of sp³-hybridized carbons (Fsp3) is 0.211. The summed E-state index contributed by atoms with van der Waals surface area (Å²) in [5, 5.41) is 6.82. The molecule has 6 heteroatoms. The van der Waals surface area contributed by atoms with Crippen LogP contribution in [-0.2, 0) is 0 Å². The summed E-state index contributed by atoms with van der Waals surface area (Å²) in [4.78, 5) is 24.7. The van der Waals surface area contributed by atoms with Crippen LogP contribution in [0.5, 0.6) is 0 Å². The Bertz CT molecular complexity index is 866. The van der Waals surface area contributed by atoms with Crippen LogP contribution >= 0.6 is 0 Å². The van der Waals surface area contributed by atoms with Gasteiger partial charge in [-0.05, 0) is 26.0 Å². The third kappa shape index (κ3) is 3.68. The molecule has 0 unspecified atom stereocenters. The Morgan fingerprint density at radius 1 is 1.16 bits per heavy atom. The molecule has 3 rings (SSSR count). The second kappa shape index (κ2) is 7.17. The molecule has 6 nitrogen and oxygen atoms in total. The number of Topliss-reactive ketones (excluding diaryl/α,β-unsaturated/α-hetero) is 1. The van der Waals surface area contributed by atoms with Crippen LogP contribution < -0.4 is 5.32 Å². The van der Waals surface area contributed by atoms with E-state index in [1.165, 1.54) is 6.26 Å². The smallest absolute Gasteiger partial charge is 0.257 e. The predicted octanol–water partition coefficient (Wildman–Crippen LogP) is 3.63. The molecule has 25 heavy (non-hydrogen) atoms. The highest BCUT2D eigenvalue weighted by atomic mass is 16.5. The van der Waals surface area contributed by atoms with Crippen LogP contribution in [0.2, 0.25) is 0 Å². The molecule has 0 aliphatic carbocycles.